The molecule has 3 aromatic rings. The topological polar surface area (TPSA) is 78.3 Å². The molecule has 1 amide bonds. The van der Waals surface area contributed by atoms with Crippen molar-refractivity contribution < 1.29 is 14.3 Å². The fourth-order valence-electron chi connectivity index (χ4n) is 2.60. The van der Waals surface area contributed by atoms with Crippen LogP contribution in [0.1, 0.15) is 23.1 Å². The predicted molar refractivity (Wildman–Crippen MR) is 101 cm³/mol. The number of methoxy groups -OCH3 is 2. The zero-order valence-corrected chi connectivity index (χ0v) is 15.9. The standard InChI is InChI=1S/C18H20N4O3S/c1-5-22-15(8-11(2)21-22)17(23)20-18-19-14(10-26-18)13-7-6-12(24-3)9-16(13)25-4/h6-10H,5H2,1-4H3,(H,19,20,23). The van der Waals surface area contributed by atoms with Crippen LogP contribution in [-0.4, -0.2) is 34.9 Å². The van der Waals surface area contributed by atoms with E-state index in [-0.39, 0.29) is 5.91 Å². The molecular weight excluding hydrogens is 352 g/mol. The van der Waals surface area contributed by atoms with Gasteiger partial charge < -0.3 is 9.47 Å². The van der Waals surface area contributed by atoms with Gasteiger partial charge >= 0.3 is 0 Å². The highest BCUT2D eigenvalue weighted by molar-refractivity contribution is 7.14. The maximum atomic E-state index is 12.5. The molecular formula is C18H20N4O3S. The molecule has 0 spiro atoms. The maximum Gasteiger partial charge on any atom is 0.275 e. The molecule has 0 fully saturated rings. The van der Waals surface area contributed by atoms with Gasteiger partial charge in [-0.2, -0.15) is 5.10 Å². The van der Waals surface area contributed by atoms with E-state index >= 15 is 0 Å². The summed E-state index contributed by atoms with van der Waals surface area (Å²) in [6.07, 6.45) is 0. The molecule has 3 rings (SSSR count). The van der Waals surface area contributed by atoms with Crippen molar-refractivity contribution in [3.63, 3.8) is 0 Å². The van der Waals surface area contributed by atoms with Crippen LogP contribution in [0.3, 0.4) is 0 Å². The van der Waals surface area contributed by atoms with Crippen LogP contribution >= 0.6 is 11.3 Å². The van der Waals surface area contributed by atoms with Gasteiger partial charge in [-0.15, -0.1) is 11.3 Å². The highest BCUT2D eigenvalue weighted by atomic mass is 32.1. The van der Waals surface area contributed by atoms with Crippen molar-refractivity contribution in [3.8, 4) is 22.8 Å². The fourth-order valence-corrected chi connectivity index (χ4v) is 3.30. The molecule has 2 aromatic heterocycles. The van der Waals surface area contributed by atoms with Gasteiger partial charge in [-0.25, -0.2) is 4.98 Å². The molecule has 1 aromatic carbocycles. The minimum atomic E-state index is -0.227. The van der Waals surface area contributed by atoms with Gasteiger partial charge in [0.1, 0.15) is 17.2 Å². The first kappa shape index (κ1) is 17.9. The lowest BCUT2D eigenvalue weighted by molar-refractivity contribution is 0.101. The number of benzene rings is 1. The average Bonchev–Trinajstić information content (AvgIpc) is 3.27. The van der Waals surface area contributed by atoms with Gasteiger partial charge in [0, 0.05) is 23.6 Å². The van der Waals surface area contributed by atoms with E-state index in [0.29, 0.717) is 28.9 Å². The molecule has 136 valence electrons. The van der Waals surface area contributed by atoms with Crippen LogP contribution in [-0.2, 0) is 6.54 Å². The Morgan fingerprint density at radius 1 is 1.27 bits per heavy atom. The Bertz CT molecular complexity index is 932. The monoisotopic (exact) mass is 372 g/mol. The van der Waals surface area contributed by atoms with Crippen molar-refractivity contribution in [1.82, 2.24) is 14.8 Å². The molecule has 0 aliphatic carbocycles. The number of nitrogens with one attached hydrogen (secondary N) is 1. The molecule has 0 unspecified atom stereocenters. The number of nitrogens with zero attached hydrogens (tertiary/aromatic N) is 3. The molecule has 0 bridgehead atoms. The van der Waals surface area contributed by atoms with Gasteiger partial charge in [-0.3, -0.25) is 14.8 Å². The first-order chi connectivity index (χ1) is 12.5. The third-order valence-corrected chi connectivity index (χ3v) is 4.60. The van der Waals surface area contributed by atoms with Crippen LogP contribution < -0.4 is 14.8 Å². The Balaban J connectivity index is 1.83. The number of rotatable bonds is 6. The first-order valence-corrected chi connectivity index (χ1v) is 8.97. The van der Waals surface area contributed by atoms with Crippen molar-refractivity contribution in [2.45, 2.75) is 20.4 Å². The van der Waals surface area contributed by atoms with Gasteiger partial charge in [0.2, 0.25) is 0 Å². The van der Waals surface area contributed by atoms with E-state index in [1.54, 1.807) is 31.0 Å². The predicted octanol–water partition coefficient (Wildman–Crippen LogP) is 3.60. The van der Waals surface area contributed by atoms with Crippen molar-refractivity contribution >= 4 is 22.4 Å². The summed E-state index contributed by atoms with van der Waals surface area (Å²) in [7, 11) is 3.20. The lowest BCUT2D eigenvalue weighted by atomic mass is 10.1. The second-order valence-corrected chi connectivity index (χ2v) is 6.40. The number of ether oxygens (including phenoxy) is 2. The van der Waals surface area contributed by atoms with Crippen molar-refractivity contribution in [2.24, 2.45) is 0 Å². The highest BCUT2D eigenvalue weighted by Crippen LogP contribution is 2.34. The summed E-state index contributed by atoms with van der Waals surface area (Å²) in [6.45, 7) is 4.43. The van der Waals surface area contributed by atoms with E-state index in [4.69, 9.17) is 9.47 Å². The number of aryl methyl sites for hydroxylation is 2. The highest BCUT2D eigenvalue weighted by Gasteiger charge is 2.16. The van der Waals surface area contributed by atoms with E-state index in [9.17, 15) is 4.79 Å². The number of amides is 1. The third kappa shape index (κ3) is 3.55. The van der Waals surface area contributed by atoms with Crippen LogP contribution in [0.5, 0.6) is 11.5 Å². The second kappa shape index (κ2) is 7.57. The molecule has 0 aliphatic heterocycles. The summed E-state index contributed by atoms with van der Waals surface area (Å²) < 4.78 is 12.3. The minimum absolute atomic E-state index is 0.227. The van der Waals surface area contributed by atoms with Crippen LogP contribution in [0, 0.1) is 6.92 Å². The minimum Gasteiger partial charge on any atom is -0.497 e. The smallest absolute Gasteiger partial charge is 0.275 e. The van der Waals surface area contributed by atoms with Gasteiger partial charge in [0.05, 0.1) is 25.6 Å². The van der Waals surface area contributed by atoms with Crippen molar-refractivity contribution in [2.75, 3.05) is 19.5 Å². The first-order valence-electron chi connectivity index (χ1n) is 8.09. The van der Waals surface area contributed by atoms with E-state index in [2.05, 4.69) is 15.4 Å². The fraction of sp³-hybridized carbons (Fsp3) is 0.278. The summed E-state index contributed by atoms with van der Waals surface area (Å²) in [6, 6.07) is 7.29. The summed E-state index contributed by atoms with van der Waals surface area (Å²) in [4.78, 5) is 17.0. The molecule has 0 saturated heterocycles. The lowest BCUT2D eigenvalue weighted by Gasteiger charge is -2.08. The van der Waals surface area contributed by atoms with Crippen LogP contribution in [0.2, 0.25) is 0 Å². The van der Waals surface area contributed by atoms with E-state index in [1.807, 2.05) is 31.4 Å². The van der Waals surface area contributed by atoms with Gasteiger partial charge in [0.15, 0.2) is 5.13 Å². The zero-order chi connectivity index (χ0) is 18.7. The van der Waals surface area contributed by atoms with Crippen LogP contribution in [0.25, 0.3) is 11.3 Å². The Morgan fingerprint density at radius 2 is 2.08 bits per heavy atom. The molecule has 0 saturated carbocycles. The number of carbonyl (C=O) groups excluding carboxylic acids is 1. The summed E-state index contributed by atoms with van der Waals surface area (Å²) in [5.74, 6) is 1.14. The van der Waals surface area contributed by atoms with Crippen LogP contribution in [0.4, 0.5) is 5.13 Å². The maximum absolute atomic E-state index is 12.5. The van der Waals surface area contributed by atoms with Crippen molar-refractivity contribution in [1.29, 1.82) is 0 Å². The zero-order valence-electron chi connectivity index (χ0n) is 15.1. The number of thiazole rings is 1. The number of carbonyl (C=O) groups is 1. The average molecular weight is 372 g/mol. The molecule has 2 heterocycles. The second-order valence-electron chi connectivity index (χ2n) is 5.54. The van der Waals surface area contributed by atoms with Crippen LogP contribution in [0.15, 0.2) is 29.6 Å². The summed E-state index contributed by atoms with van der Waals surface area (Å²) >= 11 is 1.36. The number of anilines is 1. The van der Waals surface area contributed by atoms with Gasteiger partial charge in [-0.1, -0.05) is 0 Å². The number of hydrogen-bond acceptors (Lipinski definition) is 6. The van der Waals surface area contributed by atoms with E-state index in [0.717, 1.165) is 17.0 Å². The Labute approximate surface area is 155 Å². The number of aromatic nitrogens is 3. The normalized spacial score (nSPS) is 10.6. The summed E-state index contributed by atoms with van der Waals surface area (Å²) in [5.41, 5.74) is 2.88. The molecule has 0 atom stereocenters. The Morgan fingerprint density at radius 3 is 2.77 bits per heavy atom. The Kier molecular flexibility index (Phi) is 5.22. The largest absolute Gasteiger partial charge is 0.497 e. The number of hydrogen-bond donors (Lipinski definition) is 1. The van der Waals surface area contributed by atoms with Gasteiger partial charge in [0.25, 0.3) is 5.91 Å². The molecule has 0 radical (unpaired) electrons. The molecule has 7 nitrogen and oxygen atoms in total. The third-order valence-electron chi connectivity index (χ3n) is 3.84. The Hall–Kier alpha value is -2.87. The van der Waals surface area contributed by atoms with E-state index < -0.39 is 0 Å². The SMILES string of the molecule is CCn1nc(C)cc1C(=O)Nc1nc(-c2ccc(OC)cc2OC)cs1. The lowest BCUT2D eigenvalue weighted by Crippen LogP contribution is -2.17. The molecule has 26 heavy (non-hydrogen) atoms. The summed E-state index contributed by atoms with van der Waals surface area (Å²) in [5, 5.41) is 9.53. The molecule has 8 heteroatoms. The molecule has 1 N–H and O–H groups in total. The van der Waals surface area contributed by atoms with E-state index in [1.165, 1.54) is 11.3 Å². The molecule has 0 aliphatic rings. The van der Waals surface area contributed by atoms with Crippen molar-refractivity contribution in [3.05, 3.63) is 41.0 Å². The quantitative estimate of drug-likeness (QED) is 0.715. The van der Waals surface area contributed by atoms with Gasteiger partial charge in [-0.05, 0) is 32.0 Å².